The Hall–Kier alpha value is -2.17. The molecule has 0 radical (unpaired) electrons. The van der Waals surface area contributed by atoms with E-state index >= 15 is 0 Å². The van der Waals surface area contributed by atoms with Crippen LogP contribution >= 0.6 is 0 Å². The zero-order valence-corrected chi connectivity index (χ0v) is 13.0. The van der Waals surface area contributed by atoms with Crippen molar-refractivity contribution in [3.63, 3.8) is 0 Å². The average molecular weight is 312 g/mol. The minimum Gasteiger partial charge on any atom is -0.282 e. The van der Waals surface area contributed by atoms with Gasteiger partial charge in [-0.3, -0.25) is 4.55 Å². The third kappa shape index (κ3) is 2.63. The molecule has 3 aromatic carbocycles. The van der Waals surface area contributed by atoms with E-state index in [1.54, 1.807) is 6.07 Å². The molecule has 0 unspecified atom stereocenters. The highest BCUT2D eigenvalue weighted by molar-refractivity contribution is 7.86. The van der Waals surface area contributed by atoms with Gasteiger partial charge in [0.2, 0.25) is 0 Å². The second kappa shape index (κ2) is 5.23. The Labute approximate surface area is 129 Å². The molecule has 4 heteroatoms. The van der Waals surface area contributed by atoms with Crippen LogP contribution in [0.3, 0.4) is 0 Å². The smallest absolute Gasteiger partial charge is 0.282 e. The lowest BCUT2D eigenvalue weighted by atomic mass is 9.99. The van der Waals surface area contributed by atoms with Gasteiger partial charge in [0.25, 0.3) is 10.1 Å². The summed E-state index contributed by atoms with van der Waals surface area (Å²) < 4.78 is 33.5. The van der Waals surface area contributed by atoms with Gasteiger partial charge in [0.1, 0.15) is 4.90 Å². The predicted octanol–water partition coefficient (Wildman–Crippen LogP) is 4.36. The first-order chi connectivity index (χ1) is 10.4. The molecule has 0 amide bonds. The van der Waals surface area contributed by atoms with E-state index in [0.29, 0.717) is 17.4 Å². The minimum atomic E-state index is -4.32. The van der Waals surface area contributed by atoms with Crippen LogP contribution in [0.2, 0.25) is 0 Å². The summed E-state index contributed by atoms with van der Waals surface area (Å²) in [5, 5.41) is 3.30. The number of benzene rings is 3. The Morgan fingerprint density at radius 1 is 1.05 bits per heavy atom. The maximum Gasteiger partial charge on any atom is 0.295 e. The van der Waals surface area contributed by atoms with Crippen molar-refractivity contribution in [2.45, 2.75) is 18.2 Å². The molecule has 0 aromatic heterocycles. The number of fused-ring (bicyclic) bond motifs is 2. The summed E-state index contributed by atoms with van der Waals surface area (Å²) in [6.45, 7) is 5.66. The Balaban J connectivity index is 2.45. The van der Waals surface area contributed by atoms with Crippen molar-refractivity contribution in [2.24, 2.45) is 0 Å². The second-order valence-corrected chi connectivity index (χ2v) is 6.94. The molecule has 0 aliphatic rings. The number of hydrogen-bond donors (Lipinski definition) is 1. The lowest BCUT2D eigenvalue weighted by molar-refractivity contribution is 0.483. The van der Waals surface area contributed by atoms with Crippen LogP contribution in [-0.2, 0) is 16.5 Å². The fraction of sp³-hybridized carbons (Fsp3) is 0.111. The predicted molar refractivity (Wildman–Crippen MR) is 89.8 cm³/mol. The largest absolute Gasteiger partial charge is 0.295 e. The van der Waals surface area contributed by atoms with Crippen LogP contribution in [0.1, 0.15) is 12.5 Å². The molecule has 0 fully saturated rings. The van der Waals surface area contributed by atoms with Crippen molar-refractivity contribution in [3.8, 4) is 0 Å². The molecule has 0 spiro atoms. The summed E-state index contributed by atoms with van der Waals surface area (Å²) >= 11 is 0. The van der Waals surface area contributed by atoms with Crippen LogP contribution in [0.25, 0.3) is 21.5 Å². The molecule has 3 aromatic rings. The van der Waals surface area contributed by atoms with Crippen LogP contribution < -0.4 is 0 Å². The van der Waals surface area contributed by atoms with Crippen molar-refractivity contribution in [3.05, 3.63) is 66.2 Å². The number of hydrogen-bond acceptors (Lipinski definition) is 2. The van der Waals surface area contributed by atoms with E-state index in [-0.39, 0.29) is 4.90 Å². The third-order valence-corrected chi connectivity index (χ3v) is 4.67. The molecular weight excluding hydrogens is 296 g/mol. The van der Waals surface area contributed by atoms with E-state index in [4.69, 9.17) is 0 Å². The minimum absolute atomic E-state index is 0.0150. The lowest BCUT2D eigenvalue weighted by Crippen LogP contribution is -2.05. The molecule has 0 aliphatic carbocycles. The first kappa shape index (κ1) is 14.8. The number of rotatable bonds is 3. The molecule has 0 aliphatic heterocycles. The van der Waals surface area contributed by atoms with E-state index in [1.165, 1.54) is 0 Å². The van der Waals surface area contributed by atoms with E-state index in [1.807, 2.05) is 49.4 Å². The maximum absolute atomic E-state index is 11.9. The first-order valence-electron chi connectivity index (χ1n) is 6.92. The topological polar surface area (TPSA) is 54.4 Å². The monoisotopic (exact) mass is 312 g/mol. The maximum atomic E-state index is 11.9. The van der Waals surface area contributed by atoms with Gasteiger partial charge in [-0.25, -0.2) is 0 Å². The summed E-state index contributed by atoms with van der Waals surface area (Å²) in [4.78, 5) is -0.0150. The highest BCUT2D eigenvalue weighted by Crippen LogP contribution is 2.31. The van der Waals surface area contributed by atoms with E-state index in [2.05, 4.69) is 6.58 Å². The fourth-order valence-corrected chi connectivity index (χ4v) is 3.73. The van der Waals surface area contributed by atoms with Gasteiger partial charge in [-0.2, -0.15) is 8.42 Å². The Kier molecular flexibility index (Phi) is 3.51. The van der Waals surface area contributed by atoms with Gasteiger partial charge in [-0.1, -0.05) is 48.6 Å². The molecule has 0 saturated carbocycles. The summed E-state index contributed by atoms with van der Waals surface area (Å²) in [5.41, 5.74) is 1.41. The normalized spacial score (nSPS) is 11.9. The molecule has 3 rings (SSSR count). The molecule has 112 valence electrons. The SMILES string of the molecule is C=C(C)Cc1ccc2cc3ccccc3cc2c1S(=O)(=O)O. The Bertz CT molecular complexity index is 1000. The summed E-state index contributed by atoms with van der Waals surface area (Å²) in [5.74, 6) is 0. The standard InChI is InChI=1S/C18H16O3S/c1-12(2)9-16-8-7-15-10-13-5-3-4-6-14(13)11-17(15)18(16)22(19,20)21/h3-8,10-11H,1,9H2,2H3,(H,19,20,21). The van der Waals surface area contributed by atoms with Gasteiger partial charge in [-0.05, 0) is 47.2 Å². The second-order valence-electron chi connectivity index (χ2n) is 5.58. The van der Waals surface area contributed by atoms with E-state index < -0.39 is 10.1 Å². The van der Waals surface area contributed by atoms with Gasteiger partial charge in [-0.15, -0.1) is 0 Å². The number of allylic oxidation sites excluding steroid dienone is 1. The van der Waals surface area contributed by atoms with Gasteiger partial charge >= 0.3 is 0 Å². The molecule has 1 N–H and O–H groups in total. The molecule has 3 nitrogen and oxygen atoms in total. The van der Waals surface area contributed by atoms with Crippen molar-refractivity contribution in [1.29, 1.82) is 0 Å². The van der Waals surface area contributed by atoms with Gasteiger partial charge in [0.15, 0.2) is 0 Å². The summed E-state index contributed by atoms with van der Waals surface area (Å²) in [6, 6.07) is 15.1. The molecule has 0 bridgehead atoms. The fourth-order valence-electron chi connectivity index (χ4n) is 2.80. The highest BCUT2D eigenvalue weighted by Gasteiger charge is 2.19. The quantitative estimate of drug-likeness (QED) is 0.444. The molecule has 22 heavy (non-hydrogen) atoms. The van der Waals surface area contributed by atoms with Gasteiger partial charge in [0.05, 0.1) is 0 Å². The van der Waals surface area contributed by atoms with Crippen molar-refractivity contribution < 1.29 is 13.0 Å². The van der Waals surface area contributed by atoms with Crippen LogP contribution in [0.5, 0.6) is 0 Å². The van der Waals surface area contributed by atoms with Crippen LogP contribution in [0.4, 0.5) is 0 Å². The Morgan fingerprint density at radius 2 is 1.68 bits per heavy atom. The van der Waals surface area contributed by atoms with Crippen molar-refractivity contribution in [1.82, 2.24) is 0 Å². The summed E-state index contributed by atoms with van der Waals surface area (Å²) in [6.07, 6.45) is 0.415. The van der Waals surface area contributed by atoms with Gasteiger partial charge in [0, 0.05) is 5.39 Å². The molecule has 0 saturated heterocycles. The lowest BCUT2D eigenvalue weighted by Gasteiger charge is -2.12. The van der Waals surface area contributed by atoms with Crippen molar-refractivity contribution >= 4 is 31.7 Å². The zero-order valence-electron chi connectivity index (χ0n) is 12.2. The third-order valence-electron chi connectivity index (χ3n) is 3.67. The van der Waals surface area contributed by atoms with Crippen molar-refractivity contribution in [2.75, 3.05) is 0 Å². The molecular formula is C18H16O3S. The highest BCUT2D eigenvalue weighted by atomic mass is 32.2. The zero-order chi connectivity index (χ0) is 15.9. The average Bonchev–Trinajstić information content (AvgIpc) is 2.43. The molecule has 0 heterocycles. The van der Waals surface area contributed by atoms with Crippen LogP contribution in [0.15, 0.2) is 65.6 Å². The Morgan fingerprint density at radius 3 is 2.27 bits per heavy atom. The van der Waals surface area contributed by atoms with Crippen LogP contribution in [0, 0.1) is 0 Å². The van der Waals surface area contributed by atoms with Gasteiger partial charge < -0.3 is 0 Å². The van der Waals surface area contributed by atoms with E-state index in [0.717, 1.165) is 21.7 Å². The van der Waals surface area contributed by atoms with Crippen LogP contribution in [-0.4, -0.2) is 13.0 Å². The summed E-state index contributed by atoms with van der Waals surface area (Å²) in [7, 11) is -4.32. The first-order valence-corrected chi connectivity index (χ1v) is 8.36. The van der Waals surface area contributed by atoms with E-state index in [9.17, 15) is 13.0 Å². The molecule has 0 atom stereocenters.